The monoisotopic (exact) mass is 832 g/mol. The van der Waals surface area contributed by atoms with Crippen LogP contribution in [0.3, 0.4) is 0 Å². The second kappa shape index (κ2) is 18.8. The van der Waals surface area contributed by atoms with Gasteiger partial charge in [0.2, 0.25) is 0 Å². The minimum absolute atomic E-state index is 0.599. The first-order valence-electron chi connectivity index (χ1n) is 23.4. The highest BCUT2D eigenvalue weighted by molar-refractivity contribution is 6.22. The van der Waals surface area contributed by atoms with Crippen LogP contribution in [0.5, 0.6) is 0 Å². The number of nitrogens with zero attached hydrogens (tertiary/aromatic N) is 2. The Bertz CT molecular complexity index is 2760. The van der Waals surface area contributed by atoms with Crippen molar-refractivity contribution < 1.29 is 0 Å². The van der Waals surface area contributed by atoms with Crippen molar-refractivity contribution in [1.82, 2.24) is 0 Å². The average Bonchev–Trinajstić information content (AvgIpc) is 3.32. The highest BCUT2D eigenvalue weighted by Gasteiger charge is 2.22. The zero-order valence-corrected chi connectivity index (χ0v) is 38.4. The van der Waals surface area contributed by atoms with Crippen LogP contribution in [0, 0.1) is 11.8 Å². The zero-order valence-electron chi connectivity index (χ0n) is 38.4. The fraction of sp³-hybridized carbons (Fsp3) is 0.194. The summed E-state index contributed by atoms with van der Waals surface area (Å²) in [5, 5.41) is 4.90. The zero-order chi connectivity index (χ0) is 44.2. The Balaban J connectivity index is 1.31. The Morgan fingerprint density at radius 1 is 0.312 bits per heavy atom. The molecule has 9 aromatic carbocycles. The largest absolute Gasteiger partial charge is 0.310 e. The molecule has 318 valence electrons. The molecule has 0 spiro atoms. The molecule has 0 saturated heterocycles. The maximum Gasteiger partial charge on any atom is 0.0468 e. The second-order valence-corrected chi connectivity index (χ2v) is 18.2. The van der Waals surface area contributed by atoms with Crippen molar-refractivity contribution in [2.75, 3.05) is 9.80 Å². The smallest absolute Gasteiger partial charge is 0.0468 e. The molecule has 0 saturated carbocycles. The Morgan fingerprint density at radius 2 is 0.609 bits per heavy atom. The number of aryl methyl sites for hydroxylation is 2. The second-order valence-electron chi connectivity index (χ2n) is 18.2. The standard InChI is InChI=1S/C62H60N2/c1-7-45-19-27-51(28-20-45)63(53-31-23-47(24-32-53)39-43(3)4)55-35-37-57-59(41-55)61(49-15-11-9-12-16-49)58-38-36-56(42-60(58)62(57)50-17-13-10-14-18-50)64(52-29-21-46(8-2)22-30-52)54-33-25-48(26-34-54)40-44(5)6/h9-38,41-44H,7-8,39-40H2,1-6H3. The summed E-state index contributed by atoms with van der Waals surface area (Å²) < 4.78 is 0. The van der Waals surface area contributed by atoms with Crippen LogP contribution in [0.25, 0.3) is 43.8 Å². The van der Waals surface area contributed by atoms with Crippen LogP contribution in [0.15, 0.2) is 194 Å². The van der Waals surface area contributed by atoms with E-state index in [1.807, 2.05) is 0 Å². The molecule has 0 aliphatic rings. The minimum Gasteiger partial charge on any atom is -0.310 e. The van der Waals surface area contributed by atoms with Gasteiger partial charge in [-0.1, -0.05) is 163 Å². The van der Waals surface area contributed by atoms with E-state index in [-0.39, 0.29) is 0 Å². The molecule has 0 aromatic heterocycles. The molecule has 0 fully saturated rings. The molecule has 0 aliphatic heterocycles. The van der Waals surface area contributed by atoms with Gasteiger partial charge in [0, 0.05) is 34.1 Å². The highest BCUT2D eigenvalue weighted by Crippen LogP contribution is 2.48. The van der Waals surface area contributed by atoms with Crippen molar-refractivity contribution >= 4 is 55.7 Å². The van der Waals surface area contributed by atoms with Gasteiger partial charge in [0.05, 0.1) is 0 Å². The van der Waals surface area contributed by atoms with Crippen molar-refractivity contribution in [3.8, 4) is 22.3 Å². The number of fused-ring (bicyclic) bond motifs is 2. The first-order chi connectivity index (χ1) is 31.3. The van der Waals surface area contributed by atoms with Gasteiger partial charge >= 0.3 is 0 Å². The number of anilines is 6. The summed E-state index contributed by atoms with van der Waals surface area (Å²) in [4.78, 5) is 4.85. The van der Waals surface area contributed by atoms with E-state index in [9.17, 15) is 0 Å². The van der Waals surface area contributed by atoms with Gasteiger partial charge in [-0.15, -0.1) is 0 Å². The fourth-order valence-corrected chi connectivity index (χ4v) is 9.48. The van der Waals surface area contributed by atoms with Gasteiger partial charge in [0.1, 0.15) is 0 Å². The maximum atomic E-state index is 2.44. The van der Waals surface area contributed by atoms with Crippen LogP contribution in [-0.4, -0.2) is 0 Å². The molecular weight excluding hydrogens is 773 g/mol. The van der Waals surface area contributed by atoms with Gasteiger partial charge in [0.15, 0.2) is 0 Å². The van der Waals surface area contributed by atoms with Gasteiger partial charge in [-0.2, -0.15) is 0 Å². The topological polar surface area (TPSA) is 6.48 Å². The third kappa shape index (κ3) is 8.84. The fourth-order valence-electron chi connectivity index (χ4n) is 9.48. The van der Waals surface area contributed by atoms with E-state index in [4.69, 9.17) is 0 Å². The summed E-state index contributed by atoms with van der Waals surface area (Å²) in [5.41, 5.74) is 17.1. The summed E-state index contributed by atoms with van der Waals surface area (Å²) in [6, 6.07) is 72.9. The molecule has 0 bridgehead atoms. The third-order valence-electron chi connectivity index (χ3n) is 12.6. The summed E-state index contributed by atoms with van der Waals surface area (Å²) in [7, 11) is 0. The van der Waals surface area contributed by atoms with Crippen molar-refractivity contribution in [1.29, 1.82) is 0 Å². The lowest BCUT2D eigenvalue weighted by Gasteiger charge is -2.28. The average molecular weight is 833 g/mol. The van der Waals surface area contributed by atoms with Crippen LogP contribution in [0.1, 0.15) is 63.8 Å². The molecular formula is C62H60N2. The molecule has 0 N–H and O–H groups in total. The minimum atomic E-state index is 0.599. The maximum absolute atomic E-state index is 2.44. The van der Waals surface area contributed by atoms with Crippen LogP contribution in [-0.2, 0) is 25.7 Å². The first kappa shape index (κ1) is 42.4. The molecule has 0 heterocycles. The number of hydrogen-bond acceptors (Lipinski definition) is 2. The van der Waals surface area contributed by atoms with Gasteiger partial charge in [-0.3, -0.25) is 0 Å². The molecule has 0 unspecified atom stereocenters. The molecule has 9 rings (SSSR count). The van der Waals surface area contributed by atoms with Crippen LogP contribution in [0.4, 0.5) is 34.1 Å². The molecule has 2 heteroatoms. The molecule has 2 nitrogen and oxygen atoms in total. The lowest BCUT2D eigenvalue weighted by molar-refractivity contribution is 0.647. The Kier molecular flexibility index (Phi) is 12.5. The van der Waals surface area contributed by atoms with Crippen LogP contribution in [0.2, 0.25) is 0 Å². The number of rotatable bonds is 14. The quantitative estimate of drug-likeness (QED) is 0.101. The summed E-state index contributed by atoms with van der Waals surface area (Å²) in [6.45, 7) is 13.6. The van der Waals surface area contributed by atoms with E-state index < -0.39 is 0 Å². The van der Waals surface area contributed by atoms with E-state index in [2.05, 4.69) is 245 Å². The molecule has 0 aliphatic carbocycles. The van der Waals surface area contributed by atoms with Gasteiger partial charge in [-0.25, -0.2) is 0 Å². The lowest BCUT2D eigenvalue weighted by atomic mass is 9.85. The summed E-state index contributed by atoms with van der Waals surface area (Å²) in [6.07, 6.45) is 4.13. The summed E-state index contributed by atoms with van der Waals surface area (Å²) in [5.74, 6) is 1.20. The van der Waals surface area contributed by atoms with E-state index in [0.717, 1.165) is 59.8 Å². The molecule has 0 atom stereocenters. The van der Waals surface area contributed by atoms with Crippen molar-refractivity contribution in [3.05, 3.63) is 216 Å². The van der Waals surface area contributed by atoms with E-state index in [1.165, 1.54) is 66.1 Å². The van der Waals surface area contributed by atoms with E-state index >= 15 is 0 Å². The molecule has 0 radical (unpaired) electrons. The Morgan fingerprint density at radius 3 is 0.906 bits per heavy atom. The SMILES string of the molecule is CCc1ccc(N(c2ccc(CC(C)C)cc2)c2ccc3c(-c4ccccc4)c4cc(N(c5ccc(CC)cc5)c5ccc(CC(C)C)cc5)ccc4c(-c4ccccc4)c3c2)cc1. The number of benzene rings is 9. The predicted octanol–water partition coefficient (Wildman–Crippen LogP) is 17.8. The molecule has 64 heavy (non-hydrogen) atoms. The van der Waals surface area contributed by atoms with Gasteiger partial charge in [-0.05, 0) is 176 Å². The number of hydrogen-bond donors (Lipinski definition) is 0. The van der Waals surface area contributed by atoms with E-state index in [1.54, 1.807) is 0 Å². The Hall–Kier alpha value is -6.90. The summed E-state index contributed by atoms with van der Waals surface area (Å²) >= 11 is 0. The van der Waals surface area contributed by atoms with Crippen LogP contribution < -0.4 is 9.80 Å². The van der Waals surface area contributed by atoms with Crippen molar-refractivity contribution in [2.24, 2.45) is 11.8 Å². The van der Waals surface area contributed by atoms with Crippen LogP contribution >= 0.6 is 0 Å². The van der Waals surface area contributed by atoms with E-state index in [0.29, 0.717) is 11.8 Å². The Labute approximate surface area is 381 Å². The van der Waals surface area contributed by atoms with Gasteiger partial charge < -0.3 is 9.80 Å². The van der Waals surface area contributed by atoms with Crippen molar-refractivity contribution in [3.63, 3.8) is 0 Å². The normalized spacial score (nSPS) is 11.5. The molecule has 9 aromatic rings. The third-order valence-corrected chi connectivity index (χ3v) is 12.6. The predicted molar refractivity (Wildman–Crippen MR) is 278 cm³/mol. The first-order valence-corrected chi connectivity index (χ1v) is 23.4. The lowest BCUT2D eigenvalue weighted by Crippen LogP contribution is -2.11. The molecule has 0 amide bonds. The highest BCUT2D eigenvalue weighted by atomic mass is 15.1. The van der Waals surface area contributed by atoms with Gasteiger partial charge in [0.25, 0.3) is 0 Å². The van der Waals surface area contributed by atoms with Crippen molar-refractivity contribution in [2.45, 2.75) is 67.2 Å².